The van der Waals surface area contributed by atoms with Crippen LogP contribution in [-0.4, -0.2) is 23.4 Å². The van der Waals surface area contributed by atoms with Gasteiger partial charge in [0.1, 0.15) is 23.0 Å². The molecule has 0 bridgehead atoms. The molecule has 7 rings (SSSR count). The first-order chi connectivity index (χ1) is 20.6. The molecule has 0 N–H and O–H groups in total. The Morgan fingerprint density at radius 2 is 1.17 bits per heavy atom. The van der Waals surface area contributed by atoms with Gasteiger partial charge < -0.3 is 28.3 Å². The van der Waals surface area contributed by atoms with E-state index in [-0.39, 0.29) is 0 Å². The van der Waals surface area contributed by atoms with E-state index in [1.807, 2.05) is 66.7 Å². The molecule has 4 heterocycles. The van der Waals surface area contributed by atoms with Crippen LogP contribution in [0.5, 0.6) is 23.0 Å². The van der Waals surface area contributed by atoms with Gasteiger partial charge in [-0.1, -0.05) is 18.2 Å². The summed E-state index contributed by atoms with van der Waals surface area (Å²) in [6, 6.07) is 27.6. The molecule has 2 aromatic heterocycles. The lowest BCUT2D eigenvalue weighted by molar-refractivity contribution is 0.288. The van der Waals surface area contributed by atoms with E-state index in [1.54, 1.807) is 49.1 Å². The average Bonchev–Trinajstić information content (AvgIpc) is 3.05. The van der Waals surface area contributed by atoms with Gasteiger partial charge in [0, 0.05) is 23.5 Å². The van der Waals surface area contributed by atoms with E-state index in [1.165, 1.54) is 0 Å². The summed E-state index contributed by atoms with van der Waals surface area (Å²) in [4.78, 5) is 12.6. The number of hydrogen-bond acceptors (Lipinski definition) is 9. The molecule has 0 atom stereocenters. The van der Waals surface area contributed by atoms with E-state index in [0.717, 1.165) is 34.0 Å². The minimum Gasteiger partial charge on any atom is -0.473 e. The van der Waals surface area contributed by atoms with Gasteiger partial charge in [-0.05, 0) is 72.8 Å². The van der Waals surface area contributed by atoms with Crippen molar-refractivity contribution in [1.82, 2.24) is 9.97 Å². The van der Waals surface area contributed by atoms with Gasteiger partial charge in [0.05, 0.1) is 42.2 Å². The van der Waals surface area contributed by atoms with Crippen molar-refractivity contribution in [1.29, 1.82) is 0 Å². The molecule has 2 aliphatic rings. The molecule has 0 saturated heterocycles. The van der Waals surface area contributed by atoms with Crippen LogP contribution in [0.15, 0.2) is 116 Å². The van der Waals surface area contributed by atoms with Crippen LogP contribution in [0, 0.1) is 0 Å². The maximum absolute atomic E-state index is 14.5. The lowest BCUT2D eigenvalue weighted by Crippen LogP contribution is -2.31. The molecule has 9 nitrogen and oxygen atoms in total. The number of fused-ring (bicyclic) bond motifs is 2. The van der Waals surface area contributed by atoms with Crippen molar-refractivity contribution in [3.05, 3.63) is 127 Å². The summed E-state index contributed by atoms with van der Waals surface area (Å²) < 4.78 is 38.9. The van der Waals surface area contributed by atoms with Crippen molar-refractivity contribution in [2.24, 2.45) is 0 Å². The highest BCUT2D eigenvalue weighted by atomic mass is 31.2. The van der Waals surface area contributed by atoms with E-state index in [0.29, 0.717) is 43.4 Å². The van der Waals surface area contributed by atoms with Crippen molar-refractivity contribution in [2.45, 2.75) is 13.1 Å². The average molecular weight is 579 g/mol. The van der Waals surface area contributed by atoms with Gasteiger partial charge in [0.2, 0.25) is 0 Å². The molecule has 0 saturated carbocycles. The number of rotatable bonds is 7. The zero-order chi connectivity index (χ0) is 28.4. The monoisotopic (exact) mass is 578 g/mol. The Labute approximate surface area is 243 Å². The number of pyridine rings is 2. The number of hydrogen-bond donors (Lipinski definition) is 0. The Kier molecular flexibility index (Phi) is 6.85. The Morgan fingerprint density at radius 1 is 0.643 bits per heavy atom. The molecule has 0 spiro atoms. The molecule has 2 aliphatic heterocycles. The topological polar surface area (TPSA) is 86.2 Å². The lowest BCUT2D eigenvalue weighted by Gasteiger charge is -2.31. The van der Waals surface area contributed by atoms with Gasteiger partial charge in [-0.2, -0.15) is 0 Å². The first-order valence-corrected chi connectivity index (χ1v) is 15.0. The lowest BCUT2D eigenvalue weighted by atomic mass is 10.1. The van der Waals surface area contributed by atoms with E-state index >= 15 is 0 Å². The largest absolute Gasteiger partial charge is 0.473 e. The van der Waals surface area contributed by atoms with E-state index in [4.69, 9.17) is 18.5 Å². The third-order valence-electron chi connectivity index (χ3n) is 7.08. The zero-order valence-corrected chi connectivity index (χ0v) is 23.5. The van der Waals surface area contributed by atoms with Crippen molar-refractivity contribution >= 4 is 24.3 Å². The SMILES string of the molecule is O=P(Oc1ccc2c(c1)CN(c1cccnc1)CO2)(Oc1ccc2c(c1)CN(c1cccnc1)CO2)c1ccccc1. The highest BCUT2D eigenvalue weighted by molar-refractivity contribution is 7.63. The second-order valence-electron chi connectivity index (χ2n) is 9.92. The molecular formula is C32H27N4O5P. The number of benzene rings is 3. The standard InChI is InChI=1S/C32H27N4O5P/c37-42(30-8-2-1-3-9-30,40-28-10-12-31-24(16-28)20-35(22-38-31)26-6-4-14-33-18-26)41-29-11-13-32-25(17-29)21-36(23-39-32)27-7-5-15-34-19-27/h1-19H,20-23H2. The Morgan fingerprint density at radius 3 is 1.64 bits per heavy atom. The zero-order valence-electron chi connectivity index (χ0n) is 22.6. The summed E-state index contributed by atoms with van der Waals surface area (Å²) in [6.45, 7) is 2.00. The molecule has 10 heteroatoms. The number of ether oxygens (including phenoxy) is 2. The number of aromatic nitrogens is 2. The molecule has 0 aliphatic carbocycles. The molecule has 3 aromatic carbocycles. The Bertz CT molecular complexity index is 1630. The second-order valence-corrected chi connectivity index (χ2v) is 11.8. The van der Waals surface area contributed by atoms with Crippen molar-refractivity contribution in [3.63, 3.8) is 0 Å². The third kappa shape index (κ3) is 5.34. The van der Waals surface area contributed by atoms with Gasteiger partial charge >= 0.3 is 7.60 Å². The summed E-state index contributed by atoms with van der Waals surface area (Å²) in [6.07, 6.45) is 7.07. The van der Waals surface area contributed by atoms with Crippen molar-refractivity contribution in [2.75, 3.05) is 23.3 Å². The quantitative estimate of drug-likeness (QED) is 0.211. The van der Waals surface area contributed by atoms with E-state index in [2.05, 4.69) is 19.8 Å². The van der Waals surface area contributed by atoms with Crippen LogP contribution in [0.25, 0.3) is 0 Å². The second kappa shape index (κ2) is 11.1. The maximum atomic E-state index is 14.5. The minimum atomic E-state index is -3.86. The van der Waals surface area contributed by atoms with E-state index < -0.39 is 7.60 Å². The number of anilines is 2. The van der Waals surface area contributed by atoms with Crippen LogP contribution in [0.2, 0.25) is 0 Å². The normalized spacial score (nSPS) is 14.2. The van der Waals surface area contributed by atoms with Crippen LogP contribution in [0.1, 0.15) is 11.1 Å². The molecule has 0 fully saturated rings. The third-order valence-corrected chi connectivity index (χ3v) is 8.92. The van der Waals surface area contributed by atoms with Crippen LogP contribution in [0.3, 0.4) is 0 Å². The predicted molar refractivity (Wildman–Crippen MR) is 160 cm³/mol. The highest BCUT2D eigenvalue weighted by Crippen LogP contribution is 2.49. The Balaban J connectivity index is 1.16. The van der Waals surface area contributed by atoms with Crippen molar-refractivity contribution < 1.29 is 23.1 Å². The molecule has 0 radical (unpaired) electrons. The van der Waals surface area contributed by atoms with Gasteiger partial charge in [-0.15, -0.1) is 0 Å². The first-order valence-electron chi connectivity index (χ1n) is 13.5. The fourth-order valence-corrected chi connectivity index (χ4v) is 6.54. The van der Waals surface area contributed by atoms with Crippen LogP contribution in [-0.2, 0) is 17.7 Å². The summed E-state index contributed by atoms with van der Waals surface area (Å²) in [7, 11) is -3.86. The predicted octanol–water partition coefficient (Wildman–Crippen LogP) is 6.17. The fraction of sp³-hybridized carbons (Fsp3) is 0.125. The van der Waals surface area contributed by atoms with Crippen molar-refractivity contribution in [3.8, 4) is 23.0 Å². The summed E-state index contributed by atoms with van der Waals surface area (Å²) in [5, 5.41) is 0.446. The van der Waals surface area contributed by atoms with Gasteiger partial charge in [-0.3, -0.25) is 9.97 Å². The van der Waals surface area contributed by atoms with Crippen LogP contribution < -0.4 is 33.6 Å². The van der Waals surface area contributed by atoms with Crippen LogP contribution in [0.4, 0.5) is 11.4 Å². The molecular weight excluding hydrogens is 551 g/mol. The molecule has 210 valence electrons. The molecule has 42 heavy (non-hydrogen) atoms. The maximum Gasteiger partial charge on any atom is 0.462 e. The smallest absolute Gasteiger partial charge is 0.462 e. The highest BCUT2D eigenvalue weighted by Gasteiger charge is 2.32. The fourth-order valence-electron chi connectivity index (χ4n) is 4.98. The summed E-state index contributed by atoms with van der Waals surface area (Å²) in [5.74, 6) is 2.35. The Hall–Kier alpha value is -5.01. The first kappa shape index (κ1) is 25.9. The van der Waals surface area contributed by atoms with Gasteiger partial charge in [0.15, 0.2) is 13.5 Å². The molecule has 5 aromatic rings. The van der Waals surface area contributed by atoms with E-state index in [9.17, 15) is 4.57 Å². The van der Waals surface area contributed by atoms with Gasteiger partial charge in [0.25, 0.3) is 0 Å². The van der Waals surface area contributed by atoms with Crippen LogP contribution >= 0.6 is 7.60 Å². The summed E-state index contributed by atoms with van der Waals surface area (Å²) >= 11 is 0. The molecule has 0 amide bonds. The summed E-state index contributed by atoms with van der Waals surface area (Å²) in [5.41, 5.74) is 3.71. The molecule has 0 unspecified atom stereocenters. The van der Waals surface area contributed by atoms with Gasteiger partial charge in [-0.25, -0.2) is 4.57 Å². The number of nitrogens with zero attached hydrogens (tertiary/aromatic N) is 4. The minimum absolute atomic E-state index is 0.408.